The fourth-order valence-corrected chi connectivity index (χ4v) is 9.21. The predicted molar refractivity (Wildman–Crippen MR) is 188 cm³/mol. The van der Waals surface area contributed by atoms with Gasteiger partial charge in [-0.05, 0) is 66.0 Å². The SMILES string of the molecule is Cc1cccc([C@H]2C3=CC[C@@H]4C(=O)N(c5cccc(B(O)O)c5)C(=O)[C@@H]4[C@@H]3C[C@H]3C(=O)C(c4ccccc4)=CC(=O)[C@@]23c2ccccc2)c1O. The zero-order chi connectivity index (χ0) is 34.9. The van der Waals surface area contributed by atoms with E-state index in [4.69, 9.17) is 0 Å². The third-order valence-electron chi connectivity index (χ3n) is 11.4. The van der Waals surface area contributed by atoms with Gasteiger partial charge < -0.3 is 15.2 Å². The third kappa shape index (κ3) is 4.53. The molecule has 8 rings (SSSR count). The smallest absolute Gasteiger partial charge is 0.488 e. The summed E-state index contributed by atoms with van der Waals surface area (Å²) in [5.74, 6) is -5.18. The van der Waals surface area contributed by atoms with Crippen LogP contribution in [0.2, 0.25) is 0 Å². The van der Waals surface area contributed by atoms with Crippen LogP contribution in [0, 0.1) is 30.6 Å². The monoisotopic (exact) mass is 663 g/mol. The summed E-state index contributed by atoms with van der Waals surface area (Å²) in [7, 11) is -1.78. The van der Waals surface area contributed by atoms with Gasteiger partial charge in [0.2, 0.25) is 11.8 Å². The highest BCUT2D eigenvalue weighted by molar-refractivity contribution is 6.58. The summed E-state index contributed by atoms with van der Waals surface area (Å²) in [6.45, 7) is 1.78. The van der Waals surface area contributed by atoms with Gasteiger partial charge in [-0.3, -0.25) is 24.1 Å². The number of ketones is 2. The Bertz CT molecular complexity index is 2140. The van der Waals surface area contributed by atoms with Gasteiger partial charge in [0, 0.05) is 23.0 Å². The molecular weight excluding hydrogens is 629 g/mol. The van der Waals surface area contributed by atoms with Crippen molar-refractivity contribution >= 4 is 47.2 Å². The number of hydrogen-bond donors (Lipinski definition) is 3. The molecule has 50 heavy (non-hydrogen) atoms. The molecule has 9 heteroatoms. The maximum Gasteiger partial charge on any atom is 0.488 e. The topological polar surface area (TPSA) is 132 Å². The van der Waals surface area contributed by atoms with Crippen molar-refractivity contribution in [3.05, 3.63) is 143 Å². The van der Waals surface area contributed by atoms with Gasteiger partial charge in [0.05, 0.1) is 22.9 Å². The number of carbonyl (C=O) groups excluding carboxylic acids is 4. The minimum Gasteiger partial charge on any atom is -0.507 e. The Morgan fingerprint density at radius 3 is 2.22 bits per heavy atom. The molecule has 3 N–H and O–H groups in total. The van der Waals surface area contributed by atoms with E-state index in [1.54, 1.807) is 43.3 Å². The number of para-hydroxylation sites is 1. The summed E-state index contributed by atoms with van der Waals surface area (Å²) < 4.78 is 0. The van der Waals surface area contributed by atoms with E-state index < -0.39 is 53.9 Å². The Hall–Kier alpha value is -5.38. The van der Waals surface area contributed by atoms with Crippen LogP contribution in [0.15, 0.2) is 121 Å². The molecule has 0 bridgehead atoms. The molecule has 0 aromatic heterocycles. The number of allylic oxidation sites excluding steroid dienone is 4. The van der Waals surface area contributed by atoms with Crippen molar-refractivity contribution in [2.75, 3.05) is 4.90 Å². The van der Waals surface area contributed by atoms with Crippen LogP contribution in [0.1, 0.15) is 41.0 Å². The molecule has 3 aliphatic carbocycles. The van der Waals surface area contributed by atoms with E-state index in [1.807, 2.05) is 60.7 Å². The molecule has 1 heterocycles. The number of rotatable bonds is 5. The van der Waals surface area contributed by atoms with Crippen LogP contribution in [0.5, 0.6) is 5.75 Å². The summed E-state index contributed by atoms with van der Waals surface area (Å²) >= 11 is 0. The molecule has 248 valence electrons. The van der Waals surface area contributed by atoms with Gasteiger partial charge >= 0.3 is 7.12 Å². The van der Waals surface area contributed by atoms with Gasteiger partial charge in [0.1, 0.15) is 5.75 Å². The Labute approximate surface area is 289 Å². The van der Waals surface area contributed by atoms with Crippen LogP contribution in [-0.4, -0.2) is 45.7 Å². The quantitative estimate of drug-likeness (QED) is 0.164. The molecule has 0 unspecified atom stereocenters. The van der Waals surface area contributed by atoms with E-state index in [1.165, 1.54) is 18.2 Å². The van der Waals surface area contributed by atoms with E-state index in [2.05, 4.69) is 0 Å². The first kappa shape index (κ1) is 31.9. The van der Waals surface area contributed by atoms with Crippen LogP contribution in [-0.2, 0) is 24.6 Å². The maximum atomic E-state index is 15.1. The van der Waals surface area contributed by atoms with Gasteiger partial charge in [0.15, 0.2) is 11.6 Å². The highest BCUT2D eigenvalue weighted by Gasteiger charge is 2.66. The molecule has 4 aromatic rings. The summed E-state index contributed by atoms with van der Waals surface area (Å²) in [4.78, 5) is 59.8. The van der Waals surface area contributed by atoms with Crippen molar-refractivity contribution < 1.29 is 34.3 Å². The first-order chi connectivity index (χ1) is 24.1. The second kappa shape index (κ2) is 11.9. The molecule has 0 radical (unpaired) electrons. The Kier molecular flexibility index (Phi) is 7.58. The number of phenolic OH excluding ortho intramolecular Hbond substituents is 1. The lowest BCUT2D eigenvalue weighted by Crippen LogP contribution is -2.58. The van der Waals surface area contributed by atoms with Crippen molar-refractivity contribution in [3.8, 4) is 5.75 Å². The molecule has 6 atom stereocenters. The lowest BCUT2D eigenvalue weighted by atomic mass is 9.44. The number of Topliss-reactive ketones (excluding diaryl/α,β-unsaturated/α-hetero) is 1. The largest absolute Gasteiger partial charge is 0.507 e. The number of carbonyl (C=O) groups is 4. The van der Waals surface area contributed by atoms with Gasteiger partial charge in [-0.15, -0.1) is 0 Å². The molecule has 2 amide bonds. The summed E-state index contributed by atoms with van der Waals surface area (Å²) in [5.41, 5.74) is 2.37. The molecule has 1 saturated heterocycles. The molecule has 1 saturated carbocycles. The standard InChI is InChI=1S/C41H34BNO7/c1-23-10-8-17-30(37(23)45)36-28-18-19-29-35(40(48)43(39(29)47)27-16-9-15-26(20-27)42(49)50)32(28)21-33-38(46)31(24-11-4-2-5-12-24)22-34(44)41(33,36)25-13-6-3-7-14-25/h2-18,20,22,29,32-33,35-36,45,49-50H,19,21H2,1H3/t29-,32+,33-,35-,36+,41-/m0/s1. The molecule has 2 fully saturated rings. The number of hydrogen-bond acceptors (Lipinski definition) is 7. The molecule has 8 nitrogen and oxygen atoms in total. The Morgan fingerprint density at radius 1 is 0.800 bits per heavy atom. The number of aryl methyl sites for hydroxylation is 1. The van der Waals surface area contributed by atoms with E-state index in [-0.39, 0.29) is 41.3 Å². The molecule has 4 aliphatic rings. The van der Waals surface area contributed by atoms with Crippen LogP contribution in [0.4, 0.5) is 5.69 Å². The fraction of sp³-hybridized carbons (Fsp3) is 0.220. The predicted octanol–water partition coefficient (Wildman–Crippen LogP) is 4.41. The number of benzene rings is 4. The Morgan fingerprint density at radius 2 is 1.50 bits per heavy atom. The molecule has 4 aromatic carbocycles. The molecule has 1 aliphatic heterocycles. The molecule has 0 spiro atoms. The maximum absolute atomic E-state index is 15.1. The minimum atomic E-state index is -1.78. The van der Waals surface area contributed by atoms with E-state index in [9.17, 15) is 24.7 Å². The second-order valence-corrected chi connectivity index (χ2v) is 13.8. The van der Waals surface area contributed by atoms with Crippen LogP contribution in [0.3, 0.4) is 0 Å². The van der Waals surface area contributed by atoms with Crippen molar-refractivity contribution in [1.29, 1.82) is 0 Å². The average molecular weight is 664 g/mol. The number of amides is 2. The first-order valence-corrected chi connectivity index (χ1v) is 16.9. The second-order valence-electron chi connectivity index (χ2n) is 13.8. The number of anilines is 1. The van der Waals surface area contributed by atoms with Gasteiger partial charge in [-0.1, -0.05) is 103 Å². The highest BCUT2D eigenvalue weighted by Crippen LogP contribution is 2.64. The van der Waals surface area contributed by atoms with E-state index in [0.29, 0.717) is 27.8 Å². The zero-order valence-electron chi connectivity index (χ0n) is 27.3. The van der Waals surface area contributed by atoms with Gasteiger partial charge in [-0.2, -0.15) is 0 Å². The lowest BCUT2D eigenvalue weighted by molar-refractivity contribution is -0.135. The van der Waals surface area contributed by atoms with Crippen molar-refractivity contribution in [3.63, 3.8) is 0 Å². The van der Waals surface area contributed by atoms with Crippen LogP contribution >= 0.6 is 0 Å². The zero-order valence-corrected chi connectivity index (χ0v) is 27.3. The minimum absolute atomic E-state index is 0.0168. The van der Waals surface area contributed by atoms with E-state index in [0.717, 1.165) is 10.5 Å². The van der Waals surface area contributed by atoms with Crippen molar-refractivity contribution in [2.24, 2.45) is 23.7 Å². The van der Waals surface area contributed by atoms with Gasteiger partial charge in [0.25, 0.3) is 0 Å². The summed E-state index contributed by atoms with van der Waals surface area (Å²) in [6.07, 6.45) is 3.78. The Balaban J connectivity index is 1.35. The first-order valence-electron chi connectivity index (χ1n) is 16.9. The summed E-state index contributed by atoms with van der Waals surface area (Å²) in [6, 6.07) is 29.8. The van der Waals surface area contributed by atoms with Crippen LogP contribution in [0.25, 0.3) is 5.57 Å². The van der Waals surface area contributed by atoms with Gasteiger partial charge in [-0.25, -0.2) is 0 Å². The van der Waals surface area contributed by atoms with Crippen molar-refractivity contribution in [1.82, 2.24) is 0 Å². The van der Waals surface area contributed by atoms with Crippen molar-refractivity contribution in [2.45, 2.75) is 31.1 Å². The lowest BCUT2D eigenvalue weighted by Gasteiger charge is -2.55. The van der Waals surface area contributed by atoms with Crippen LogP contribution < -0.4 is 10.4 Å². The normalized spacial score (nSPS) is 27.3. The van der Waals surface area contributed by atoms with E-state index >= 15 is 9.59 Å². The third-order valence-corrected chi connectivity index (χ3v) is 11.4. The fourth-order valence-electron chi connectivity index (χ4n) is 9.21. The molecular formula is C41H34BNO7. The highest BCUT2D eigenvalue weighted by atomic mass is 16.4. The average Bonchev–Trinajstić information content (AvgIpc) is 3.39. The number of imide groups is 1. The number of nitrogens with zero attached hydrogens (tertiary/aromatic N) is 1. The number of phenols is 1. The number of fused-ring (bicyclic) bond motifs is 4. The summed E-state index contributed by atoms with van der Waals surface area (Å²) in [5, 5.41) is 31.3. The number of aromatic hydroxyl groups is 1.